The molecule has 1 aliphatic carbocycles. The van der Waals surface area contributed by atoms with Crippen LogP contribution in [0.1, 0.15) is 24.0 Å². The lowest BCUT2D eigenvalue weighted by atomic mass is 10.0. The normalized spacial score (nSPS) is 24.4. The third-order valence-corrected chi connectivity index (χ3v) is 9.36. The van der Waals surface area contributed by atoms with Crippen molar-refractivity contribution >= 4 is 33.5 Å². The number of aryl methyl sites for hydroxylation is 1. The standard InChI is InChI=1S/C23H28F2N4O2S2/c1-15-4-5-16(12-28-9-8-18(14-28)33(3,30)31)10-19(15)20-6-7-21-22(26-20)27(2)32-29(21)13-17-11-23(17,24)25/h4-7,10,17-18H,8-9,11-14H2,1-3H3. The summed E-state index contributed by atoms with van der Waals surface area (Å²) in [6.07, 6.45) is 1.96. The summed E-state index contributed by atoms with van der Waals surface area (Å²) >= 11 is 1.41. The summed E-state index contributed by atoms with van der Waals surface area (Å²) in [6.45, 7) is 4.40. The minimum atomic E-state index is -3.02. The van der Waals surface area contributed by atoms with Crippen LogP contribution in [0.15, 0.2) is 30.3 Å². The largest absolute Gasteiger partial charge is 0.298 e. The molecule has 3 aliphatic rings. The number of pyridine rings is 1. The van der Waals surface area contributed by atoms with Crippen LogP contribution < -0.4 is 8.61 Å². The lowest BCUT2D eigenvalue weighted by molar-refractivity contribution is 0.101. The average Bonchev–Trinajstić information content (AvgIpc) is 3.07. The van der Waals surface area contributed by atoms with Crippen LogP contribution in [0.5, 0.6) is 0 Å². The van der Waals surface area contributed by atoms with Crippen LogP contribution in [0.4, 0.5) is 20.3 Å². The van der Waals surface area contributed by atoms with Crippen LogP contribution in [0, 0.1) is 12.8 Å². The summed E-state index contributed by atoms with van der Waals surface area (Å²) in [7, 11) is -1.11. The number of fused-ring (bicyclic) bond motifs is 1. The van der Waals surface area contributed by atoms with E-state index in [0.29, 0.717) is 26.1 Å². The monoisotopic (exact) mass is 494 g/mol. The van der Waals surface area contributed by atoms with Crippen LogP contribution in [0.3, 0.4) is 0 Å². The van der Waals surface area contributed by atoms with Crippen LogP contribution >= 0.6 is 12.1 Å². The quantitative estimate of drug-likeness (QED) is 0.559. The minimum absolute atomic E-state index is 0.0391. The SMILES string of the molecule is Cc1ccc(CN2CCC(S(C)(=O)=O)C2)cc1-c1ccc2c(n1)N(C)SN2CC1CC1(F)F. The highest BCUT2D eigenvalue weighted by Crippen LogP contribution is 2.52. The number of rotatable bonds is 6. The first kappa shape index (κ1) is 22.9. The van der Waals surface area contributed by atoms with E-state index in [0.717, 1.165) is 40.4 Å². The predicted octanol–water partition coefficient (Wildman–Crippen LogP) is 4.15. The second-order valence-electron chi connectivity index (χ2n) is 9.47. The number of halogens is 2. The Hall–Kier alpha value is -1.91. The fourth-order valence-corrected chi connectivity index (χ4v) is 6.64. The third kappa shape index (κ3) is 4.57. The van der Waals surface area contributed by atoms with Gasteiger partial charge >= 0.3 is 0 Å². The van der Waals surface area contributed by atoms with Crippen molar-refractivity contribution in [2.45, 2.75) is 37.5 Å². The molecule has 2 aliphatic heterocycles. The summed E-state index contributed by atoms with van der Waals surface area (Å²) < 4.78 is 54.4. The molecule has 2 atom stereocenters. The molecule has 2 aromatic rings. The predicted molar refractivity (Wildman–Crippen MR) is 129 cm³/mol. The second-order valence-corrected chi connectivity index (χ2v) is 12.9. The van der Waals surface area contributed by atoms with Crippen molar-refractivity contribution in [3.63, 3.8) is 0 Å². The first-order valence-electron chi connectivity index (χ1n) is 11.1. The number of hydrogen-bond donors (Lipinski definition) is 0. The zero-order chi connectivity index (χ0) is 23.5. The average molecular weight is 495 g/mol. The highest BCUT2D eigenvalue weighted by molar-refractivity contribution is 8.02. The van der Waals surface area contributed by atoms with Gasteiger partial charge in [0.1, 0.15) is 0 Å². The van der Waals surface area contributed by atoms with E-state index in [2.05, 4.69) is 23.1 Å². The van der Waals surface area contributed by atoms with Gasteiger partial charge in [0.15, 0.2) is 15.7 Å². The maximum absolute atomic E-state index is 13.4. The van der Waals surface area contributed by atoms with Crippen molar-refractivity contribution < 1.29 is 17.2 Å². The van der Waals surface area contributed by atoms with Gasteiger partial charge in [-0.15, -0.1) is 0 Å². The summed E-state index contributed by atoms with van der Waals surface area (Å²) in [5, 5.41) is -0.285. The molecule has 3 heterocycles. The number of aromatic nitrogens is 1. The third-order valence-electron chi connectivity index (χ3n) is 6.80. The van der Waals surface area contributed by atoms with Crippen molar-refractivity contribution in [3.05, 3.63) is 41.5 Å². The fraction of sp³-hybridized carbons (Fsp3) is 0.522. The van der Waals surface area contributed by atoms with Crippen LogP contribution in [-0.2, 0) is 16.4 Å². The van der Waals surface area contributed by atoms with E-state index in [1.165, 1.54) is 18.4 Å². The Balaban J connectivity index is 1.35. The highest BCUT2D eigenvalue weighted by atomic mass is 32.2. The maximum Gasteiger partial charge on any atom is 0.253 e. The van der Waals surface area contributed by atoms with Gasteiger partial charge in [0.05, 0.1) is 28.8 Å². The molecule has 178 valence electrons. The summed E-state index contributed by atoms with van der Waals surface area (Å²) in [4.78, 5) is 7.07. The topological polar surface area (TPSA) is 56.8 Å². The molecule has 0 radical (unpaired) electrons. The Bertz CT molecular complexity index is 1190. The van der Waals surface area contributed by atoms with Gasteiger partial charge in [0.25, 0.3) is 5.92 Å². The van der Waals surface area contributed by atoms with Gasteiger partial charge in [-0.1, -0.05) is 12.1 Å². The molecular weight excluding hydrogens is 466 g/mol. The van der Waals surface area contributed by atoms with Crippen LogP contribution in [0.25, 0.3) is 11.3 Å². The van der Waals surface area contributed by atoms with Gasteiger partial charge in [-0.2, -0.15) is 0 Å². The van der Waals surface area contributed by atoms with Crippen molar-refractivity contribution in [3.8, 4) is 11.3 Å². The van der Waals surface area contributed by atoms with E-state index >= 15 is 0 Å². The summed E-state index contributed by atoms with van der Waals surface area (Å²) in [6, 6.07) is 10.2. The molecule has 0 spiro atoms. The van der Waals surface area contributed by atoms with E-state index in [-0.39, 0.29) is 11.7 Å². The van der Waals surface area contributed by atoms with Gasteiger partial charge < -0.3 is 0 Å². The number of hydrogen-bond acceptors (Lipinski definition) is 7. The maximum atomic E-state index is 13.4. The molecule has 1 saturated heterocycles. The van der Waals surface area contributed by atoms with Crippen LogP contribution in [-0.4, -0.2) is 62.4 Å². The number of sulfone groups is 1. The zero-order valence-corrected chi connectivity index (χ0v) is 20.6. The molecule has 0 bridgehead atoms. The Kier molecular flexibility index (Phi) is 5.61. The molecule has 2 unspecified atom stereocenters. The molecule has 0 N–H and O–H groups in total. The van der Waals surface area contributed by atoms with E-state index in [1.807, 2.05) is 34.7 Å². The number of benzene rings is 1. The van der Waals surface area contributed by atoms with E-state index in [4.69, 9.17) is 4.98 Å². The zero-order valence-electron chi connectivity index (χ0n) is 19.0. The van der Waals surface area contributed by atoms with Crippen molar-refractivity contribution in [2.24, 2.45) is 5.92 Å². The lowest BCUT2D eigenvalue weighted by Gasteiger charge is -2.17. The summed E-state index contributed by atoms with van der Waals surface area (Å²) in [5.74, 6) is -2.35. The Labute approximate surface area is 198 Å². The van der Waals surface area contributed by atoms with Crippen molar-refractivity contribution in [2.75, 3.05) is 41.5 Å². The van der Waals surface area contributed by atoms with Gasteiger partial charge in [0, 0.05) is 50.8 Å². The van der Waals surface area contributed by atoms with Gasteiger partial charge in [-0.05, 0) is 49.2 Å². The molecule has 10 heteroatoms. The highest BCUT2D eigenvalue weighted by Gasteiger charge is 2.57. The van der Waals surface area contributed by atoms with Gasteiger partial charge in [0.2, 0.25) is 0 Å². The van der Waals surface area contributed by atoms with Gasteiger partial charge in [-0.3, -0.25) is 13.5 Å². The fourth-order valence-electron chi connectivity index (χ4n) is 4.64. The van der Waals surface area contributed by atoms with Crippen molar-refractivity contribution in [1.82, 2.24) is 9.88 Å². The molecule has 6 nitrogen and oxygen atoms in total. The molecule has 2 fully saturated rings. The molecule has 1 saturated carbocycles. The Morgan fingerprint density at radius 1 is 1.24 bits per heavy atom. The molecule has 5 rings (SSSR count). The first-order chi connectivity index (χ1) is 15.5. The Morgan fingerprint density at radius 3 is 2.67 bits per heavy atom. The smallest absolute Gasteiger partial charge is 0.253 e. The molecule has 33 heavy (non-hydrogen) atoms. The van der Waals surface area contributed by atoms with Crippen LogP contribution in [0.2, 0.25) is 0 Å². The second kappa shape index (κ2) is 8.09. The van der Waals surface area contributed by atoms with E-state index in [9.17, 15) is 17.2 Å². The molecule has 1 aromatic carbocycles. The van der Waals surface area contributed by atoms with Gasteiger partial charge in [-0.25, -0.2) is 22.2 Å². The number of nitrogens with zero attached hydrogens (tertiary/aromatic N) is 4. The molecule has 0 amide bonds. The molecule has 1 aromatic heterocycles. The molecular formula is C23H28F2N4O2S2. The van der Waals surface area contributed by atoms with E-state index < -0.39 is 21.7 Å². The lowest BCUT2D eigenvalue weighted by Crippen LogP contribution is -2.26. The number of likely N-dealkylation sites (tertiary alicyclic amines) is 1. The number of alkyl halides is 2. The van der Waals surface area contributed by atoms with Crippen molar-refractivity contribution in [1.29, 1.82) is 0 Å². The first-order valence-corrected chi connectivity index (χ1v) is 13.8. The van der Waals surface area contributed by atoms with E-state index in [1.54, 1.807) is 0 Å². The number of anilines is 2. The Morgan fingerprint density at radius 2 is 2.00 bits per heavy atom. The minimum Gasteiger partial charge on any atom is -0.298 e. The summed E-state index contributed by atoms with van der Waals surface area (Å²) in [5.41, 5.74) is 4.96.